The number of halogens is 2. The molecule has 0 aliphatic carbocycles. The molecule has 1 unspecified atom stereocenters. The van der Waals surface area contributed by atoms with Crippen LogP contribution in [0.3, 0.4) is 0 Å². The maximum Gasteiger partial charge on any atom is 0.208 e. The first-order chi connectivity index (χ1) is 24.7. The van der Waals surface area contributed by atoms with Gasteiger partial charge in [0.1, 0.15) is 11.6 Å². The van der Waals surface area contributed by atoms with Crippen LogP contribution < -0.4 is 10.6 Å². The van der Waals surface area contributed by atoms with Crippen LogP contribution in [0.1, 0.15) is 27.7 Å². The number of fused-ring (bicyclic) bond motifs is 1. The van der Waals surface area contributed by atoms with Gasteiger partial charge < -0.3 is 0 Å². The summed E-state index contributed by atoms with van der Waals surface area (Å²) in [5, 5.41) is 2.90. The van der Waals surface area contributed by atoms with Crippen LogP contribution in [0.2, 0.25) is 0 Å². The largest absolute Gasteiger partial charge is 0.296 e. The standard InChI is InChI=1S/C46H40F2NOP/c1-31(2)49(32(3)4)51(50,38-27-24-36(47)25-28-38)42-29-26-37(48)30-41(42)46-40-23-15-14-22-39(40)43(33-16-8-5-9-17-33)44(34-18-10-6-11-19-34)45(46)35-20-12-7-13-21-35/h5-32H,1-4H3. The summed E-state index contributed by atoms with van der Waals surface area (Å²) in [6, 6.07) is 49.4. The molecule has 7 aromatic carbocycles. The highest BCUT2D eigenvalue weighted by molar-refractivity contribution is 7.76. The van der Waals surface area contributed by atoms with Gasteiger partial charge in [0.25, 0.3) is 0 Å². The maximum atomic E-state index is 16.3. The van der Waals surface area contributed by atoms with E-state index in [1.54, 1.807) is 18.2 Å². The van der Waals surface area contributed by atoms with Crippen molar-refractivity contribution in [1.82, 2.24) is 4.67 Å². The average Bonchev–Trinajstić information content (AvgIpc) is 3.14. The summed E-state index contributed by atoms with van der Waals surface area (Å²) in [5.41, 5.74) is 7.32. The Labute approximate surface area is 299 Å². The molecule has 7 rings (SSSR count). The van der Waals surface area contributed by atoms with E-state index in [1.165, 1.54) is 24.3 Å². The number of benzene rings is 7. The van der Waals surface area contributed by atoms with Gasteiger partial charge in [0, 0.05) is 22.7 Å². The topological polar surface area (TPSA) is 20.3 Å². The zero-order valence-electron chi connectivity index (χ0n) is 29.2. The van der Waals surface area contributed by atoms with Crippen LogP contribution in [0.5, 0.6) is 0 Å². The maximum absolute atomic E-state index is 16.3. The van der Waals surface area contributed by atoms with Gasteiger partial charge in [-0.1, -0.05) is 115 Å². The van der Waals surface area contributed by atoms with E-state index in [-0.39, 0.29) is 12.1 Å². The minimum Gasteiger partial charge on any atom is -0.296 e. The molecular formula is C46H40F2NOP. The zero-order chi connectivity index (χ0) is 35.7. The third-order valence-electron chi connectivity index (χ3n) is 9.52. The quantitative estimate of drug-likeness (QED) is 0.140. The molecule has 0 spiro atoms. The Morgan fingerprint density at radius 1 is 0.471 bits per heavy atom. The van der Waals surface area contributed by atoms with Gasteiger partial charge in [-0.05, 0) is 125 Å². The Morgan fingerprint density at radius 2 is 0.882 bits per heavy atom. The third-order valence-corrected chi connectivity index (χ3v) is 13.1. The van der Waals surface area contributed by atoms with Crippen LogP contribution in [-0.2, 0) is 4.57 Å². The highest BCUT2D eigenvalue weighted by atomic mass is 31.2. The second kappa shape index (κ2) is 14.2. The highest BCUT2D eigenvalue weighted by Gasteiger charge is 2.41. The molecule has 0 radical (unpaired) electrons. The molecule has 0 amide bonds. The van der Waals surface area contributed by atoms with E-state index in [4.69, 9.17) is 0 Å². The normalized spacial score (nSPS) is 12.9. The van der Waals surface area contributed by atoms with Crippen LogP contribution >= 0.6 is 7.29 Å². The van der Waals surface area contributed by atoms with E-state index < -0.39 is 18.9 Å². The molecule has 0 fully saturated rings. The second-order valence-corrected chi connectivity index (χ2v) is 16.0. The third kappa shape index (κ3) is 6.24. The highest BCUT2D eigenvalue weighted by Crippen LogP contribution is 2.56. The van der Waals surface area contributed by atoms with Crippen molar-refractivity contribution in [2.45, 2.75) is 39.8 Å². The van der Waals surface area contributed by atoms with E-state index in [9.17, 15) is 4.39 Å². The van der Waals surface area contributed by atoms with Crippen molar-refractivity contribution in [3.8, 4) is 44.5 Å². The van der Waals surface area contributed by atoms with Gasteiger partial charge in [-0.15, -0.1) is 0 Å². The van der Waals surface area contributed by atoms with E-state index in [0.717, 1.165) is 49.7 Å². The molecule has 0 N–H and O–H groups in total. The average molecular weight is 692 g/mol. The first-order valence-electron chi connectivity index (χ1n) is 17.4. The lowest BCUT2D eigenvalue weighted by atomic mass is 9.79. The first-order valence-corrected chi connectivity index (χ1v) is 19.1. The van der Waals surface area contributed by atoms with Crippen LogP contribution in [0.4, 0.5) is 8.78 Å². The van der Waals surface area contributed by atoms with Crippen molar-refractivity contribution in [1.29, 1.82) is 0 Å². The predicted molar refractivity (Wildman–Crippen MR) is 211 cm³/mol. The van der Waals surface area contributed by atoms with Gasteiger partial charge in [0.05, 0.1) is 0 Å². The molecule has 1 atom stereocenters. The van der Waals surface area contributed by atoms with Crippen molar-refractivity contribution in [2.75, 3.05) is 0 Å². The summed E-state index contributed by atoms with van der Waals surface area (Å²) in [6.45, 7) is 8.08. The lowest BCUT2D eigenvalue weighted by Gasteiger charge is -2.39. The summed E-state index contributed by atoms with van der Waals surface area (Å²) in [6.07, 6.45) is 0. The van der Waals surface area contributed by atoms with Gasteiger partial charge >= 0.3 is 0 Å². The van der Waals surface area contributed by atoms with Gasteiger partial charge in [-0.2, -0.15) is 0 Å². The fourth-order valence-electron chi connectivity index (χ4n) is 7.67. The van der Waals surface area contributed by atoms with Crippen molar-refractivity contribution in [2.24, 2.45) is 0 Å². The Morgan fingerprint density at radius 3 is 1.37 bits per heavy atom. The minimum absolute atomic E-state index is 0.149. The molecule has 5 heteroatoms. The number of nitrogens with zero attached hydrogens (tertiary/aromatic N) is 1. The molecule has 0 saturated heterocycles. The summed E-state index contributed by atoms with van der Waals surface area (Å²) >= 11 is 0. The Balaban J connectivity index is 1.73. The van der Waals surface area contributed by atoms with Crippen LogP contribution in [0, 0.1) is 11.6 Å². The fraction of sp³-hybridized carbons (Fsp3) is 0.130. The Kier molecular flexibility index (Phi) is 9.57. The lowest BCUT2D eigenvalue weighted by molar-refractivity contribution is 0.307. The van der Waals surface area contributed by atoms with E-state index in [1.807, 2.05) is 99.1 Å². The molecule has 0 heterocycles. The van der Waals surface area contributed by atoms with Gasteiger partial charge in [-0.25, -0.2) is 13.5 Å². The van der Waals surface area contributed by atoms with E-state index in [0.29, 0.717) is 16.2 Å². The minimum atomic E-state index is -3.74. The summed E-state index contributed by atoms with van der Waals surface area (Å²) < 4.78 is 48.7. The van der Waals surface area contributed by atoms with E-state index in [2.05, 4.69) is 48.5 Å². The molecular weight excluding hydrogens is 651 g/mol. The molecule has 0 aromatic heterocycles. The molecule has 0 saturated carbocycles. The number of rotatable bonds is 9. The van der Waals surface area contributed by atoms with Crippen LogP contribution in [0.25, 0.3) is 55.3 Å². The van der Waals surface area contributed by atoms with Crippen LogP contribution in [-0.4, -0.2) is 16.8 Å². The zero-order valence-corrected chi connectivity index (χ0v) is 30.1. The number of hydrogen-bond donors (Lipinski definition) is 0. The second-order valence-electron chi connectivity index (χ2n) is 13.4. The molecule has 0 aliphatic heterocycles. The molecule has 254 valence electrons. The van der Waals surface area contributed by atoms with Crippen molar-refractivity contribution in [3.63, 3.8) is 0 Å². The van der Waals surface area contributed by atoms with Crippen molar-refractivity contribution >= 4 is 28.7 Å². The molecule has 0 bridgehead atoms. The van der Waals surface area contributed by atoms with Crippen LogP contribution in [0.15, 0.2) is 158 Å². The number of hydrogen-bond acceptors (Lipinski definition) is 1. The first kappa shape index (κ1) is 34.3. The van der Waals surface area contributed by atoms with E-state index >= 15 is 8.96 Å². The van der Waals surface area contributed by atoms with Gasteiger partial charge in [0.2, 0.25) is 7.29 Å². The van der Waals surface area contributed by atoms with Gasteiger partial charge in [-0.3, -0.25) is 4.57 Å². The van der Waals surface area contributed by atoms with Gasteiger partial charge in [0.15, 0.2) is 0 Å². The smallest absolute Gasteiger partial charge is 0.208 e. The fourth-order valence-corrected chi connectivity index (χ4v) is 11.1. The molecule has 0 aliphatic rings. The molecule has 51 heavy (non-hydrogen) atoms. The predicted octanol–water partition coefficient (Wildman–Crippen LogP) is 12.1. The Hall–Kier alpha value is -5.15. The Bertz CT molecular complexity index is 2350. The monoisotopic (exact) mass is 691 g/mol. The summed E-state index contributed by atoms with van der Waals surface area (Å²) in [4.78, 5) is 0. The summed E-state index contributed by atoms with van der Waals surface area (Å²) in [5.74, 6) is -0.844. The van der Waals surface area contributed by atoms with Crippen molar-refractivity contribution < 1.29 is 13.3 Å². The SMILES string of the molecule is CC(C)N(C(C)C)P(=O)(c1ccc(F)cc1)c1ccc(F)cc1-c1c(-c2ccccc2)c(-c2ccccc2)c(-c2ccccc2)c2ccccc12. The van der Waals surface area contributed by atoms with Crippen molar-refractivity contribution in [3.05, 3.63) is 169 Å². The summed E-state index contributed by atoms with van der Waals surface area (Å²) in [7, 11) is -3.74. The molecule has 2 nitrogen and oxygen atoms in total. The molecule has 7 aromatic rings. The lowest BCUT2D eigenvalue weighted by Crippen LogP contribution is -2.41.